The van der Waals surface area contributed by atoms with Crippen molar-refractivity contribution in [3.05, 3.63) is 60.2 Å². The Morgan fingerprint density at radius 3 is 2.97 bits per heavy atom. The number of aromatic nitrogens is 2. The summed E-state index contributed by atoms with van der Waals surface area (Å²) >= 11 is 5.91. The predicted octanol–water partition coefficient (Wildman–Crippen LogP) is 4.44. The second-order valence-corrected chi connectivity index (χ2v) is 8.14. The van der Waals surface area contributed by atoms with Crippen LogP contribution in [-0.2, 0) is 9.53 Å². The number of nitrogens with one attached hydrogen (secondary N) is 3. The van der Waals surface area contributed by atoms with E-state index in [2.05, 4.69) is 32.5 Å². The van der Waals surface area contributed by atoms with Gasteiger partial charge in [0.05, 0.1) is 35.5 Å². The van der Waals surface area contributed by atoms with E-state index in [1.807, 2.05) is 6.92 Å². The molecule has 10 heteroatoms. The van der Waals surface area contributed by atoms with Gasteiger partial charge in [0.15, 0.2) is 0 Å². The van der Waals surface area contributed by atoms with Crippen LogP contribution in [0.15, 0.2) is 49.3 Å². The Morgan fingerprint density at radius 2 is 2.26 bits per heavy atom. The molecule has 1 aliphatic rings. The monoisotopic (exact) mass is 485 g/mol. The van der Waals surface area contributed by atoms with Crippen LogP contribution in [0.25, 0.3) is 10.9 Å². The highest BCUT2D eigenvalue weighted by Crippen LogP contribution is 2.35. The molecule has 0 saturated carbocycles. The SMILES string of the molecule is C=CC(=O)Nc1cc2c(Nc3ccc(F)c(Cl)c3)ncnc2cc1OC(CC)C1COCCN1. The molecule has 3 aromatic rings. The molecule has 3 N–H and O–H groups in total. The van der Waals surface area contributed by atoms with E-state index in [9.17, 15) is 9.18 Å². The first-order valence-corrected chi connectivity index (χ1v) is 11.3. The van der Waals surface area contributed by atoms with E-state index >= 15 is 0 Å². The van der Waals surface area contributed by atoms with Gasteiger partial charge in [-0.25, -0.2) is 14.4 Å². The zero-order chi connectivity index (χ0) is 24.1. The number of nitrogens with zero attached hydrogens (tertiary/aromatic N) is 2. The van der Waals surface area contributed by atoms with Crippen molar-refractivity contribution in [2.75, 3.05) is 30.4 Å². The van der Waals surface area contributed by atoms with Crippen molar-refractivity contribution in [3.8, 4) is 5.75 Å². The number of ether oxygens (including phenoxy) is 2. The maximum Gasteiger partial charge on any atom is 0.247 e. The highest BCUT2D eigenvalue weighted by Gasteiger charge is 2.25. The Kier molecular flexibility index (Phi) is 7.56. The Balaban J connectivity index is 1.72. The van der Waals surface area contributed by atoms with Crippen molar-refractivity contribution in [3.63, 3.8) is 0 Å². The van der Waals surface area contributed by atoms with E-state index < -0.39 is 5.82 Å². The zero-order valence-electron chi connectivity index (χ0n) is 18.6. The van der Waals surface area contributed by atoms with Crippen molar-refractivity contribution in [2.45, 2.75) is 25.5 Å². The zero-order valence-corrected chi connectivity index (χ0v) is 19.4. The van der Waals surface area contributed by atoms with Gasteiger partial charge in [-0.3, -0.25) is 4.79 Å². The number of rotatable bonds is 8. The lowest BCUT2D eigenvalue weighted by Gasteiger charge is -2.31. The van der Waals surface area contributed by atoms with Crippen LogP contribution in [-0.4, -0.2) is 47.8 Å². The van der Waals surface area contributed by atoms with Gasteiger partial charge in [0, 0.05) is 23.7 Å². The number of amides is 1. The molecule has 4 rings (SSSR count). The fourth-order valence-corrected chi connectivity index (χ4v) is 3.89. The number of fused-ring (bicyclic) bond motifs is 1. The number of halogens is 2. The molecule has 1 amide bonds. The van der Waals surface area contributed by atoms with Gasteiger partial charge in [-0.1, -0.05) is 25.1 Å². The van der Waals surface area contributed by atoms with Crippen molar-refractivity contribution < 1.29 is 18.7 Å². The molecule has 0 aliphatic carbocycles. The number of benzene rings is 2. The lowest BCUT2D eigenvalue weighted by Crippen LogP contribution is -2.50. The second-order valence-electron chi connectivity index (χ2n) is 7.74. The molecular formula is C24H25ClFN5O3. The van der Waals surface area contributed by atoms with Gasteiger partial charge < -0.3 is 25.4 Å². The van der Waals surface area contributed by atoms with E-state index in [4.69, 9.17) is 21.1 Å². The first-order chi connectivity index (χ1) is 16.5. The quantitative estimate of drug-likeness (QED) is 0.406. The van der Waals surface area contributed by atoms with Crippen molar-refractivity contribution in [2.24, 2.45) is 0 Å². The molecular weight excluding hydrogens is 461 g/mol. The molecule has 1 fully saturated rings. The van der Waals surface area contributed by atoms with Crippen molar-refractivity contribution >= 4 is 45.6 Å². The van der Waals surface area contributed by atoms with E-state index in [1.165, 1.54) is 24.5 Å². The first-order valence-electron chi connectivity index (χ1n) is 10.9. The van der Waals surface area contributed by atoms with Crippen LogP contribution in [0.4, 0.5) is 21.6 Å². The molecule has 1 aromatic heterocycles. The van der Waals surface area contributed by atoms with Gasteiger partial charge in [-0.15, -0.1) is 0 Å². The summed E-state index contributed by atoms with van der Waals surface area (Å²) < 4.78 is 25.5. The number of morpholine rings is 1. The number of carbonyl (C=O) groups excluding carboxylic acids is 1. The average molecular weight is 486 g/mol. The van der Waals surface area contributed by atoms with E-state index in [0.29, 0.717) is 47.1 Å². The van der Waals surface area contributed by atoms with Crippen LogP contribution in [0, 0.1) is 5.82 Å². The minimum Gasteiger partial charge on any atom is -0.486 e. The molecule has 8 nitrogen and oxygen atoms in total. The summed E-state index contributed by atoms with van der Waals surface area (Å²) in [7, 11) is 0. The fraction of sp³-hybridized carbons (Fsp3) is 0.292. The fourth-order valence-electron chi connectivity index (χ4n) is 3.71. The van der Waals surface area contributed by atoms with E-state index in [0.717, 1.165) is 13.0 Å². The van der Waals surface area contributed by atoms with Gasteiger partial charge in [0.1, 0.15) is 29.8 Å². The van der Waals surface area contributed by atoms with Gasteiger partial charge in [0.25, 0.3) is 0 Å². The van der Waals surface area contributed by atoms with Crippen LogP contribution >= 0.6 is 11.6 Å². The first kappa shape index (κ1) is 23.9. The third kappa shape index (κ3) is 5.44. The van der Waals surface area contributed by atoms with Crippen molar-refractivity contribution in [1.29, 1.82) is 0 Å². The van der Waals surface area contributed by atoms with Gasteiger partial charge in [-0.2, -0.15) is 0 Å². The molecule has 178 valence electrons. The van der Waals surface area contributed by atoms with Crippen LogP contribution < -0.4 is 20.7 Å². The minimum absolute atomic E-state index is 0.0103. The maximum absolute atomic E-state index is 13.6. The molecule has 2 atom stereocenters. The Morgan fingerprint density at radius 1 is 1.41 bits per heavy atom. The van der Waals surface area contributed by atoms with Crippen LogP contribution in [0.5, 0.6) is 5.75 Å². The summed E-state index contributed by atoms with van der Waals surface area (Å²) in [5.74, 6) is 0.0338. The van der Waals surface area contributed by atoms with Gasteiger partial charge >= 0.3 is 0 Å². The molecule has 0 spiro atoms. The lowest BCUT2D eigenvalue weighted by atomic mass is 10.1. The lowest BCUT2D eigenvalue weighted by molar-refractivity contribution is -0.111. The second kappa shape index (κ2) is 10.8. The molecule has 2 unspecified atom stereocenters. The normalized spacial score (nSPS) is 16.6. The van der Waals surface area contributed by atoms with E-state index in [1.54, 1.807) is 18.2 Å². The average Bonchev–Trinajstić information content (AvgIpc) is 2.85. The third-order valence-corrected chi connectivity index (χ3v) is 5.73. The van der Waals surface area contributed by atoms with Crippen LogP contribution in [0.2, 0.25) is 5.02 Å². The van der Waals surface area contributed by atoms with Gasteiger partial charge in [0.2, 0.25) is 5.91 Å². The molecule has 2 aromatic carbocycles. The summed E-state index contributed by atoms with van der Waals surface area (Å²) in [5.41, 5.74) is 1.60. The molecule has 0 radical (unpaired) electrons. The third-order valence-electron chi connectivity index (χ3n) is 5.44. The molecule has 2 heterocycles. The summed E-state index contributed by atoms with van der Waals surface area (Å²) in [6.45, 7) is 7.51. The number of hydrogen-bond donors (Lipinski definition) is 3. The van der Waals surface area contributed by atoms with Crippen LogP contribution in [0.1, 0.15) is 13.3 Å². The Bertz CT molecular complexity index is 1200. The summed E-state index contributed by atoms with van der Waals surface area (Å²) in [6.07, 6.45) is 3.15. The summed E-state index contributed by atoms with van der Waals surface area (Å²) in [4.78, 5) is 20.8. The van der Waals surface area contributed by atoms with Gasteiger partial charge in [-0.05, 0) is 36.8 Å². The number of hydrogen-bond acceptors (Lipinski definition) is 7. The molecule has 1 saturated heterocycles. The van der Waals surface area contributed by atoms with Crippen molar-refractivity contribution in [1.82, 2.24) is 15.3 Å². The standard InChI is InChI=1S/C24H25ClFN5O3/c1-3-21(20-12-33-8-7-27-20)34-22-11-18-15(10-19(22)31-23(32)4-2)24(29-13-28-18)30-14-5-6-17(26)16(25)9-14/h4-6,9-11,13,20-21,27H,2-3,7-8,12H2,1H3,(H,31,32)(H,28,29,30). The summed E-state index contributed by atoms with van der Waals surface area (Å²) in [5, 5.41) is 9.97. The van der Waals surface area contributed by atoms with Crippen LogP contribution in [0.3, 0.4) is 0 Å². The highest BCUT2D eigenvalue weighted by atomic mass is 35.5. The molecule has 0 bridgehead atoms. The molecule has 34 heavy (non-hydrogen) atoms. The smallest absolute Gasteiger partial charge is 0.247 e. The summed E-state index contributed by atoms with van der Waals surface area (Å²) in [6, 6.07) is 7.79. The molecule has 1 aliphatic heterocycles. The minimum atomic E-state index is -0.515. The Labute approximate surface area is 201 Å². The Hall–Kier alpha value is -3.27. The largest absolute Gasteiger partial charge is 0.486 e. The van der Waals surface area contributed by atoms with E-state index in [-0.39, 0.29) is 23.1 Å². The number of anilines is 3. The topological polar surface area (TPSA) is 97.4 Å². The predicted molar refractivity (Wildman–Crippen MR) is 130 cm³/mol. The highest BCUT2D eigenvalue weighted by molar-refractivity contribution is 6.31. The number of carbonyl (C=O) groups is 1. The maximum atomic E-state index is 13.6.